The second kappa shape index (κ2) is 16.8. The summed E-state index contributed by atoms with van der Waals surface area (Å²) < 4.78 is 0.935. The topological polar surface area (TPSA) is 0 Å². The Labute approximate surface area is 285 Å². The third-order valence-electron chi connectivity index (χ3n) is 10.1. The number of hydrogen-bond acceptors (Lipinski definition) is 0. The van der Waals surface area contributed by atoms with Gasteiger partial charge in [0.15, 0.2) is 0 Å². The summed E-state index contributed by atoms with van der Waals surface area (Å²) in [5.74, 6) is 2.41. The van der Waals surface area contributed by atoms with E-state index in [1.165, 1.54) is 33.4 Å². The molecule has 47 heavy (non-hydrogen) atoms. The number of hydrogen-bond donors (Lipinski definition) is 0. The minimum Gasteiger partial charge on any atom is -0.327 e. The van der Waals surface area contributed by atoms with E-state index in [9.17, 15) is 0 Å². The standard InChI is InChI=1S/C46H56N/c1-6-38(40-21-13-8-14-22-40)32-45(42-25-17-10-18-26-42)34-46(43-29-27-37(28-30-43)35-47(3,4)5)33-44(41-23-15-9-16-24-41)31-36(2)39-19-11-7-12-20-39/h7-30,36,38,44-46H,6,31-35H2,1-5H3/q+1. The fraction of sp³-hybridized carbons (Fsp3) is 0.348. The van der Waals surface area contributed by atoms with Gasteiger partial charge >= 0.3 is 0 Å². The van der Waals surface area contributed by atoms with Crippen LogP contribution in [0.5, 0.6) is 0 Å². The quantitative estimate of drug-likeness (QED) is 0.0960. The van der Waals surface area contributed by atoms with Gasteiger partial charge in [-0.3, -0.25) is 0 Å². The predicted octanol–water partition coefficient (Wildman–Crippen LogP) is 12.1. The van der Waals surface area contributed by atoms with Crippen LogP contribution in [0.15, 0.2) is 146 Å². The minimum atomic E-state index is 0.444. The van der Waals surface area contributed by atoms with E-state index in [1.807, 2.05) is 0 Å². The van der Waals surface area contributed by atoms with Crippen LogP contribution in [0.25, 0.3) is 0 Å². The maximum absolute atomic E-state index is 2.45. The van der Waals surface area contributed by atoms with Crippen molar-refractivity contribution in [1.29, 1.82) is 0 Å². The van der Waals surface area contributed by atoms with E-state index >= 15 is 0 Å². The zero-order valence-corrected chi connectivity index (χ0v) is 29.4. The summed E-state index contributed by atoms with van der Waals surface area (Å²) in [4.78, 5) is 0. The molecule has 5 aromatic rings. The summed E-state index contributed by atoms with van der Waals surface area (Å²) in [6.45, 7) is 5.81. The average molecular weight is 623 g/mol. The molecular formula is C46H56N+. The number of benzene rings is 5. The summed E-state index contributed by atoms with van der Waals surface area (Å²) in [5.41, 5.74) is 8.74. The van der Waals surface area contributed by atoms with Crippen molar-refractivity contribution >= 4 is 0 Å². The fourth-order valence-corrected chi connectivity index (χ4v) is 7.64. The normalized spacial score (nSPS) is 15.0. The highest BCUT2D eigenvalue weighted by Crippen LogP contribution is 2.44. The molecule has 1 heteroatoms. The first-order valence-electron chi connectivity index (χ1n) is 17.9. The van der Waals surface area contributed by atoms with E-state index in [-0.39, 0.29) is 0 Å². The minimum absolute atomic E-state index is 0.444. The van der Waals surface area contributed by atoms with Crippen LogP contribution in [0.1, 0.15) is 109 Å². The molecule has 0 heterocycles. The lowest BCUT2D eigenvalue weighted by molar-refractivity contribution is -0.884. The predicted molar refractivity (Wildman–Crippen MR) is 202 cm³/mol. The first-order chi connectivity index (χ1) is 22.8. The average Bonchev–Trinajstić information content (AvgIpc) is 3.10. The van der Waals surface area contributed by atoms with Crippen LogP contribution in [-0.4, -0.2) is 25.6 Å². The molecule has 0 aliphatic heterocycles. The van der Waals surface area contributed by atoms with Crippen molar-refractivity contribution in [3.63, 3.8) is 0 Å². The second-order valence-corrected chi connectivity index (χ2v) is 14.9. The molecule has 0 bridgehead atoms. The third-order valence-corrected chi connectivity index (χ3v) is 10.1. The molecule has 5 unspecified atom stereocenters. The lowest BCUT2D eigenvalue weighted by Gasteiger charge is -2.31. The Morgan fingerprint density at radius 2 is 0.745 bits per heavy atom. The highest BCUT2D eigenvalue weighted by atomic mass is 15.3. The molecule has 0 N–H and O–H groups in total. The van der Waals surface area contributed by atoms with Gasteiger partial charge in [-0.15, -0.1) is 0 Å². The molecule has 244 valence electrons. The van der Waals surface area contributed by atoms with E-state index in [2.05, 4.69) is 181 Å². The van der Waals surface area contributed by atoms with Crippen molar-refractivity contribution in [3.8, 4) is 0 Å². The smallest absolute Gasteiger partial charge is 0.104 e. The van der Waals surface area contributed by atoms with Gasteiger partial charge in [0.25, 0.3) is 0 Å². The molecule has 0 saturated heterocycles. The monoisotopic (exact) mass is 622 g/mol. The second-order valence-electron chi connectivity index (χ2n) is 14.9. The zero-order valence-electron chi connectivity index (χ0n) is 29.4. The molecule has 0 aliphatic carbocycles. The van der Waals surface area contributed by atoms with Gasteiger partial charge in [0.05, 0.1) is 21.1 Å². The van der Waals surface area contributed by atoms with Crippen molar-refractivity contribution in [2.24, 2.45) is 0 Å². The van der Waals surface area contributed by atoms with Crippen molar-refractivity contribution in [3.05, 3.63) is 179 Å². The summed E-state index contributed by atoms with van der Waals surface area (Å²) in [6, 6.07) is 54.7. The Morgan fingerprint density at radius 1 is 0.404 bits per heavy atom. The van der Waals surface area contributed by atoms with Crippen LogP contribution in [-0.2, 0) is 6.54 Å². The van der Waals surface area contributed by atoms with Crippen LogP contribution < -0.4 is 0 Å². The Hall–Kier alpha value is -3.94. The summed E-state index contributed by atoms with van der Waals surface area (Å²) in [5, 5.41) is 0. The molecule has 0 aromatic heterocycles. The molecule has 5 rings (SSSR count). The first kappa shape index (κ1) is 34.4. The van der Waals surface area contributed by atoms with E-state index in [1.54, 1.807) is 0 Å². The molecule has 5 aromatic carbocycles. The Kier molecular flexibility index (Phi) is 12.3. The van der Waals surface area contributed by atoms with E-state index in [4.69, 9.17) is 0 Å². The van der Waals surface area contributed by atoms with E-state index in [0.717, 1.165) is 43.1 Å². The summed E-state index contributed by atoms with van der Waals surface area (Å²) >= 11 is 0. The van der Waals surface area contributed by atoms with Gasteiger partial charge < -0.3 is 4.48 Å². The first-order valence-corrected chi connectivity index (χ1v) is 17.9. The molecule has 0 amide bonds. The largest absolute Gasteiger partial charge is 0.327 e. The number of nitrogens with zero attached hydrogens (tertiary/aromatic N) is 1. The van der Waals surface area contributed by atoms with Gasteiger partial charge in [0.1, 0.15) is 6.54 Å². The van der Waals surface area contributed by atoms with Crippen LogP contribution in [0.2, 0.25) is 0 Å². The highest BCUT2D eigenvalue weighted by molar-refractivity contribution is 5.30. The molecule has 0 saturated carbocycles. The molecule has 1 nitrogen and oxygen atoms in total. The third kappa shape index (κ3) is 10.3. The lowest BCUT2D eigenvalue weighted by Crippen LogP contribution is -2.33. The van der Waals surface area contributed by atoms with Crippen LogP contribution in [0.4, 0.5) is 0 Å². The lowest BCUT2D eigenvalue weighted by atomic mass is 9.73. The Balaban J connectivity index is 1.51. The maximum atomic E-state index is 2.45. The molecule has 0 fully saturated rings. The van der Waals surface area contributed by atoms with Crippen molar-refractivity contribution in [1.82, 2.24) is 0 Å². The van der Waals surface area contributed by atoms with Crippen LogP contribution in [0, 0.1) is 0 Å². The van der Waals surface area contributed by atoms with Gasteiger partial charge in [-0.2, -0.15) is 0 Å². The van der Waals surface area contributed by atoms with Gasteiger partial charge in [-0.25, -0.2) is 0 Å². The maximum Gasteiger partial charge on any atom is 0.104 e. The van der Waals surface area contributed by atoms with Crippen molar-refractivity contribution in [2.75, 3.05) is 21.1 Å². The van der Waals surface area contributed by atoms with Gasteiger partial charge in [0.2, 0.25) is 0 Å². The molecule has 5 atom stereocenters. The van der Waals surface area contributed by atoms with Crippen LogP contribution >= 0.6 is 0 Å². The van der Waals surface area contributed by atoms with Crippen LogP contribution in [0.3, 0.4) is 0 Å². The van der Waals surface area contributed by atoms with Crippen molar-refractivity contribution < 1.29 is 4.48 Å². The van der Waals surface area contributed by atoms with E-state index in [0.29, 0.717) is 29.6 Å². The number of quaternary nitrogens is 1. The summed E-state index contributed by atoms with van der Waals surface area (Å²) in [6.07, 6.45) is 5.74. The van der Waals surface area contributed by atoms with E-state index < -0.39 is 0 Å². The fourth-order valence-electron chi connectivity index (χ4n) is 7.64. The summed E-state index contributed by atoms with van der Waals surface area (Å²) in [7, 11) is 6.82. The van der Waals surface area contributed by atoms with Gasteiger partial charge in [-0.1, -0.05) is 159 Å². The highest BCUT2D eigenvalue weighted by Gasteiger charge is 2.27. The Morgan fingerprint density at radius 3 is 1.15 bits per heavy atom. The molecular weight excluding hydrogens is 567 g/mol. The van der Waals surface area contributed by atoms with Gasteiger partial charge in [0, 0.05) is 5.56 Å². The molecule has 0 spiro atoms. The zero-order chi connectivity index (χ0) is 33.1. The van der Waals surface area contributed by atoms with Gasteiger partial charge in [-0.05, 0) is 89.5 Å². The number of rotatable bonds is 16. The van der Waals surface area contributed by atoms with Crippen molar-refractivity contribution in [2.45, 2.75) is 82.1 Å². The SMILES string of the molecule is CCC(CC(CC(CC(CC(C)c1ccccc1)c1ccccc1)c1ccc(C[N+](C)(C)C)cc1)c1ccccc1)c1ccccc1. The molecule has 0 radical (unpaired) electrons. The Bertz CT molecular complexity index is 1570. The molecule has 0 aliphatic rings.